The highest BCUT2D eigenvalue weighted by atomic mass is 19.1. The minimum Gasteiger partial charge on any atom is -0.492 e. The average molecular weight is 292 g/mol. The van der Waals surface area contributed by atoms with Crippen molar-refractivity contribution in [3.63, 3.8) is 0 Å². The lowest BCUT2D eigenvalue weighted by atomic mass is 9.99. The molecule has 2 rings (SSSR count). The predicted molar refractivity (Wildman–Crippen MR) is 77.3 cm³/mol. The van der Waals surface area contributed by atoms with Crippen LogP contribution in [0.25, 0.3) is 0 Å². The van der Waals surface area contributed by atoms with Gasteiger partial charge >= 0.3 is 0 Å². The summed E-state index contributed by atoms with van der Waals surface area (Å²) in [6.45, 7) is 2.60. The van der Waals surface area contributed by atoms with Crippen LogP contribution in [0, 0.1) is 11.6 Å². The summed E-state index contributed by atoms with van der Waals surface area (Å²) in [5.41, 5.74) is 0.961. The van der Waals surface area contributed by atoms with Crippen molar-refractivity contribution in [2.24, 2.45) is 0 Å². The van der Waals surface area contributed by atoms with E-state index < -0.39 is 17.7 Å². The normalized spacial score (nSPS) is 12.2. The van der Waals surface area contributed by atoms with Crippen LogP contribution in [0.4, 0.5) is 8.78 Å². The molecule has 1 heterocycles. The minimum atomic E-state index is -0.488. The Bertz CT molecular complexity index is 605. The molecule has 3 nitrogen and oxygen atoms in total. The lowest BCUT2D eigenvalue weighted by Crippen LogP contribution is -2.19. The maximum absolute atomic E-state index is 13.9. The van der Waals surface area contributed by atoms with Crippen molar-refractivity contribution < 1.29 is 13.5 Å². The van der Waals surface area contributed by atoms with Crippen LogP contribution in [-0.4, -0.2) is 18.6 Å². The first-order valence-corrected chi connectivity index (χ1v) is 6.85. The lowest BCUT2D eigenvalue weighted by Gasteiger charge is -2.18. The Labute approximate surface area is 123 Å². The summed E-state index contributed by atoms with van der Waals surface area (Å²) in [4.78, 5) is 4.10. The molecule has 0 saturated carbocycles. The maximum Gasteiger partial charge on any atom is 0.137 e. The third-order valence-electron chi connectivity index (χ3n) is 3.10. The monoisotopic (exact) mass is 292 g/mol. The second-order valence-corrected chi connectivity index (χ2v) is 4.69. The van der Waals surface area contributed by atoms with E-state index in [0.29, 0.717) is 12.4 Å². The van der Waals surface area contributed by atoms with Crippen LogP contribution in [0.3, 0.4) is 0 Å². The van der Waals surface area contributed by atoms with E-state index in [-0.39, 0.29) is 5.56 Å². The molecule has 0 aliphatic heterocycles. The molecule has 0 bridgehead atoms. The standard InChI is InChI=1S/C16H18F2N2O/c1-3-6-21-13-7-11(9-20-10-13)16(19-2)14-8-12(17)4-5-15(14)18/h4-5,7-10,16,19H,3,6H2,1-2H3. The van der Waals surface area contributed by atoms with Gasteiger partial charge in [-0.25, -0.2) is 8.78 Å². The number of aromatic nitrogens is 1. The summed E-state index contributed by atoms with van der Waals surface area (Å²) in [5, 5.41) is 2.98. The number of hydrogen-bond donors (Lipinski definition) is 1. The second-order valence-electron chi connectivity index (χ2n) is 4.69. The molecule has 1 N–H and O–H groups in total. The summed E-state index contributed by atoms with van der Waals surface area (Å²) >= 11 is 0. The van der Waals surface area contributed by atoms with Crippen LogP contribution < -0.4 is 10.1 Å². The summed E-state index contributed by atoms with van der Waals surface area (Å²) in [7, 11) is 1.69. The van der Waals surface area contributed by atoms with Gasteiger partial charge in [-0.3, -0.25) is 4.98 Å². The molecule has 0 radical (unpaired) electrons. The zero-order valence-electron chi connectivity index (χ0n) is 12.1. The van der Waals surface area contributed by atoms with E-state index in [1.165, 1.54) is 6.07 Å². The summed E-state index contributed by atoms with van der Waals surface area (Å²) in [5.74, 6) is -0.319. The van der Waals surface area contributed by atoms with Crippen molar-refractivity contribution in [3.05, 3.63) is 59.4 Å². The van der Waals surface area contributed by atoms with E-state index >= 15 is 0 Å². The number of pyridine rings is 1. The average Bonchev–Trinajstić information content (AvgIpc) is 2.50. The highest BCUT2D eigenvalue weighted by Gasteiger charge is 2.18. The molecule has 0 fully saturated rings. The Balaban J connectivity index is 2.34. The first-order chi connectivity index (χ1) is 10.2. The van der Waals surface area contributed by atoms with E-state index in [2.05, 4.69) is 10.3 Å². The summed E-state index contributed by atoms with van der Waals surface area (Å²) in [6, 6.07) is 4.72. The molecule has 21 heavy (non-hydrogen) atoms. The number of halogens is 2. The molecule has 1 atom stereocenters. The second kappa shape index (κ2) is 7.13. The highest BCUT2D eigenvalue weighted by molar-refractivity contribution is 5.35. The SMILES string of the molecule is CCCOc1cncc(C(NC)c2cc(F)ccc2F)c1. The molecule has 1 aromatic heterocycles. The quantitative estimate of drug-likeness (QED) is 0.885. The van der Waals surface area contributed by atoms with Crippen LogP contribution in [0.5, 0.6) is 5.75 Å². The predicted octanol–water partition coefficient (Wildman–Crippen LogP) is 3.46. The number of rotatable bonds is 6. The Kier molecular flexibility index (Phi) is 5.22. The molecule has 0 amide bonds. The first-order valence-electron chi connectivity index (χ1n) is 6.85. The smallest absolute Gasteiger partial charge is 0.137 e. The first kappa shape index (κ1) is 15.4. The van der Waals surface area contributed by atoms with Crippen LogP contribution >= 0.6 is 0 Å². The molecule has 112 valence electrons. The Hall–Kier alpha value is -2.01. The van der Waals surface area contributed by atoms with Crippen molar-refractivity contribution in [1.82, 2.24) is 10.3 Å². The molecule has 1 aromatic carbocycles. The molecule has 5 heteroatoms. The molecule has 0 aliphatic rings. The number of nitrogens with zero attached hydrogens (tertiary/aromatic N) is 1. The van der Waals surface area contributed by atoms with Crippen LogP contribution in [0.2, 0.25) is 0 Å². The number of ether oxygens (including phenoxy) is 1. The van der Waals surface area contributed by atoms with E-state index in [9.17, 15) is 8.78 Å². The van der Waals surface area contributed by atoms with Crippen molar-refractivity contribution in [2.45, 2.75) is 19.4 Å². The molecular formula is C16H18F2N2O. The van der Waals surface area contributed by atoms with Gasteiger partial charge in [-0.1, -0.05) is 6.92 Å². The molecule has 0 saturated heterocycles. The van der Waals surface area contributed by atoms with Gasteiger partial charge in [0, 0.05) is 11.8 Å². The number of benzene rings is 1. The van der Waals surface area contributed by atoms with Gasteiger partial charge in [-0.15, -0.1) is 0 Å². The third-order valence-corrected chi connectivity index (χ3v) is 3.10. The summed E-state index contributed by atoms with van der Waals surface area (Å²) in [6.07, 6.45) is 4.11. The van der Waals surface area contributed by atoms with E-state index in [0.717, 1.165) is 24.1 Å². The molecule has 0 spiro atoms. The lowest BCUT2D eigenvalue weighted by molar-refractivity contribution is 0.315. The third kappa shape index (κ3) is 3.76. The van der Waals surface area contributed by atoms with E-state index in [1.54, 1.807) is 25.5 Å². The fraction of sp³-hybridized carbons (Fsp3) is 0.312. The van der Waals surface area contributed by atoms with E-state index in [4.69, 9.17) is 4.74 Å². The maximum atomic E-state index is 13.9. The fourth-order valence-electron chi connectivity index (χ4n) is 2.13. The molecule has 2 aromatic rings. The van der Waals surface area contributed by atoms with Gasteiger partial charge in [0.25, 0.3) is 0 Å². The zero-order chi connectivity index (χ0) is 15.2. The molecule has 1 unspecified atom stereocenters. The topological polar surface area (TPSA) is 34.1 Å². The van der Waals surface area contributed by atoms with Gasteiger partial charge in [-0.2, -0.15) is 0 Å². The number of hydrogen-bond acceptors (Lipinski definition) is 3. The van der Waals surface area contributed by atoms with Crippen molar-refractivity contribution >= 4 is 0 Å². The Morgan fingerprint density at radius 1 is 1.24 bits per heavy atom. The van der Waals surface area contributed by atoms with Crippen LogP contribution in [0.15, 0.2) is 36.7 Å². The summed E-state index contributed by atoms with van der Waals surface area (Å²) < 4.78 is 32.8. The zero-order valence-corrected chi connectivity index (χ0v) is 12.1. The van der Waals surface area contributed by atoms with Gasteiger partial charge in [-0.05, 0) is 43.3 Å². The van der Waals surface area contributed by atoms with Crippen LogP contribution in [0.1, 0.15) is 30.5 Å². The fourth-order valence-corrected chi connectivity index (χ4v) is 2.13. The molecular weight excluding hydrogens is 274 g/mol. The molecule has 0 aliphatic carbocycles. The van der Waals surface area contributed by atoms with Gasteiger partial charge < -0.3 is 10.1 Å². The van der Waals surface area contributed by atoms with Crippen molar-refractivity contribution in [2.75, 3.05) is 13.7 Å². The Morgan fingerprint density at radius 2 is 2.05 bits per heavy atom. The van der Waals surface area contributed by atoms with Crippen molar-refractivity contribution in [1.29, 1.82) is 0 Å². The van der Waals surface area contributed by atoms with Crippen LogP contribution in [-0.2, 0) is 0 Å². The minimum absolute atomic E-state index is 0.243. The van der Waals surface area contributed by atoms with E-state index in [1.807, 2.05) is 6.92 Å². The Morgan fingerprint density at radius 3 is 2.76 bits per heavy atom. The van der Waals surface area contributed by atoms with Gasteiger partial charge in [0.05, 0.1) is 18.8 Å². The largest absolute Gasteiger partial charge is 0.492 e. The highest BCUT2D eigenvalue weighted by Crippen LogP contribution is 2.26. The van der Waals surface area contributed by atoms with Gasteiger partial charge in [0.15, 0.2) is 0 Å². The van der Waals surface area contributed by atoms with Crippen molar-refractivity contribution in [3.8, 4) is 5.75 Å². The van der Waals surface area contributed by atoms with Gasteiger partial charge in [0.2, 0.25) is 0 Å². The number of nitrogens with one attached hydrogen (secondary N) is 1. The van der Waals surface area contributed by atoms with Gasteiger partial charge in [0.1, 0.15) is 17.4 Å².